The van der Waals surface area contributed by atoms with Gasteiger partial charge in [0.15, 0.2) is 5.82 Å². The van der Waals surface area contributed by atoms with Crippen molar-refractivity contribution >= 4 is 23.2 Å². The summed E-state index contributed by atoms with van der Waals surface area (Å²) in [5.41, 5.74) is 2.34. The Labute approximate surface area is 163 Å². The second kappa shape index (κ2) is 7.96. The molecule has 2 aromatic heterocycles. The van der Waals surface area contributed by atoms with Gasteiger partial charge < -0.3 is 10.1 Å². The fourth-order valence-corrected chi connectivity index (χ4v) is 3.41. The van der Waals surface area contributed by atoms with Crippen LogP contribution in [0.1, 0.15) is 36.3 Å². The molecule has 4 rings (SSSR count). The molecule has 0 saturated carbocycles. The summed E-state index contributed by atoms with van der Waals surface area (Å²) in [6, 6.07) is 9.25. The maximum absolute atomic E-state index is 5.93. The van der Waals surface area contributed by atoms with Crippen LogP contribution in [-0.2, 0) is 26.5 Å². The van der Waals surface area contributed by atoms with E-state index in [1.807, 2.05) is 37.4 Å². The average molecular weight is 384 g/mol. The molecule has 0 bridgehead atoms. The van der Waals surface area contributed by atoms with E-state index in [1.165, 1.54) is 12.0 Å². The molecule has 3 aromatic rings. The highest BCUT2D eigenvalue weighted by molar-refractivity contribution is 6.30. The number of benzene rings is 1. The summed E-state index contributed by atoms with van der Waals surface area (Å²) in [4.78, 5) is 9.56. The van der Waals surface area contributed by atoms with Crippen molar-refractivity contribution in [3.8, 4) is 5.75 Å². The Hall–Kier alpha value is -2.60. The summed E-state index contributed by atoms with van der Waals surface area (Å²) >= 11 is 5.93. The van der Waals surface area contributed by atoms with E-state index in [9.17, 15) is 0 Å². The van der Waals surface area contributed by atoms with Crippen LogP contribution in [0.15, 0.2) is 36.5 Å². The Balaban J connectivity index is 1.61. The predicted octanol–water partition coefficient (Wildman–Crippen LogP) is 4.46. The van der Waals surface area contributed by atoms with E-state index in [2.05, 4.69) is 10.4 Å². The molecule has 0 spiro atoms. The minimum atomic E-state index is 0.314. The quantitative estimate of drug-likeness (QED) is 0.659. The van der Waals surface area contributed by atoms with Crippen molar-refractivity contribution in [3.63, 3.8) is 0 Å². The van der Waals surface area contributed by atoms with Crippen molar-refractivity contribution in [1.29, 1.82) is 0 Å². The summed E-state index contributed by atoms with van der Waals surface area (Å²) in [7, 11) is 1.91. The molecule has 1 aromatic carbocycles. The highest BCUT2D eigenvalue weighted by Gasteiger charge is 2.18. The topological polar surface area (TPSA) is 64.9 Å². The van der Waals surface area contributed by atoms with E-state index >= 15 is 0 Å². The van der Waals surface area contributed by atoms with Crippen molar-refractivity contribution in [3.05, 3.63) is 58.6 Å². The smallest absolute Gasteiger partial charge is 0.168 e. The summed E-state index contributed by atoms with van der Waals surface area (Å²) in [5, 5.41) is 8.34. The number of nitrogens with one attached hydrogen (secondary N) is 1. The number of aryl methyl sites for hydroxylation is 2. The number of hydrogen-bond donors (Lipinski definition) is 1. The van der Waals surface area contributed by atoms with Crippen LogP contribution in [0.4, 0.5) is 11.6 Å². The number of halogens is 1. The van der Waals surface area contributed by atoms with Crippen molar-refractivity contribution in [2.45, 2.75) is 38.7 Å². The zero-order valence-electron chi connectivity index (χ0n) is 15.3. The molecule has 140 valence electrons. The summed E-state index contributed by atoms with van der Waals surface area (Å²) < 4.78 is 7.65. The molecule has 0 amide bonds. The van der Waals surface area contributed by atoms with Crippen LogP contribution in [0.3, 0.4) is 0 Å². The SMILES string of the molecule is Cn1nccc1Nc1nc(COc2ccc(Cl)cc2)nc2c1CCCCC2. The molecule has 2 heterocycles. The highest BCUT2D eigenvalue weighted by atomic mass is 35.5. The molecular formula is C20H22ClN5O. The molecule has 1 aliphatic carbocycles. The molecule has 1 N–H and O–H groups in total. The first-order valence-electron chi connectivity index (χ1n) is 9.21. The first kappa shape index (κ1) is 17.8. The maximum Gasteiger partial charge on any atom is 0.168 e. The molecule has 0 fully saturated rings. The first-order chi connectivity index (χ1) is 13.2. The van der Waals surface area contributed by atoms with Gasteiger partial charge in [0.1, 0.15) is 24.0 Å². The van der Waals surface area contributed by atoms with Gasteiger partial charge in [-0.25, -0.2) is 9.97 Å². The Morgan fingerprint density at radius 1 is 1.07 bits per heavy atom. The molecule has 6 nitrogen and oxygen atoms in total. The van der Waals surface area contributed by atoms with E-state index in [1.54, 1.807) is 10.9 Å². The van der Waals surface area contributed by atoms with Gasteiger partial charge >= 0.3 is 0 Å². The van der Waals surface area contributed by atoms with Crippen molar-refractivity contribution in [2.75, 3.05) is 5.32 Å². The molecule has 27 heavy (non-hydrogen) atoms. The molecule has 0 saturated heterocycles. The van der Waals surface area contributed by atoms with Gasteiger partial charge in [0, 0.05) is 29.4 Å². The van der Waals surface area contributed by atoms with Gasteiger partial charge in [-0.2, -0.15) is 5.10 Å². The molecule has 0 aliphatic heterocycles. The lowest BCUT2D eigenvalue weighted by Gasteiger charge is -2.15. The van der Waals surface area contributed by atoms with Crippen LogP contribution in [0, 0.1) is 0 Å². The van der Waals surface area contributed by atoms with E-state index < -0.39 is 0 Å². The van der Waals surface area contributed by atoms with Crippen LogP contribution in [0.5, 0.6) is 5.75 Å². The Morgan fingerprint density at radius 3 is 2.67 bits per heavy atom. The van der Waals surface area contributed by atoms with E-state index in [-0.39, 0.29) is 0 Å². The van der Waals surface area contributed by atoms with Gasteiger partial charge in [-0.1, -0.05) is 18.0 Å². The fourth-order valence-electron chi connectivity index (χ4n) is 3.29. The van der Waals surface area contributed by atoms with Crippen molar-refractivity contribution < 1.29 is 4.74 Å². The van der Waals surface area contributed by atoms with Crippen LogP contribution < -0.4 is 10.1 Å². The monoisotopic (exact) mass is 383 g/mol. The maximum atomic E-state index is 5.93. The second-order valence-corrected chi connectivity index (χ2v) is 7.12. The lowest BCUT2D eigenvalue weighted by Crippen LogP contribution is -2.12. The van der Waals surface area contributed by atoms with Gasteiger partial charge in [-0.05, 0) is 49.9 Å². The first-order valence-corrected chi connectivity index (χ1v) is 9.59. The number of hydrogen-bond acceptors (Lipinski definition) is 5. The van der Waals surface area contributed by atoms with E-state index in [0.29, 0.717) is 17.5 Å². The standard InChI is InChI=1S/C20H22ClN5O/c1-26-19(11-12-22-26)25-20-16-5-3-2-4-6-17(16)23-18(24-20)13-27-15-9-7-14(21)8-10-15/h7-12H,2-6,13H2,1H3,(H,23,24,25). The number of aromatic nitrogens is 4. The van der Waals surface area contributed by atoms with Crippen LogP contribution >= 0.6 is 11.6 Å². The van der Waals surface area contributed by atoms with Gasteiger partial charge in [0.25, 0.3) is 0 Å². The third-order valence-electron chi connectivity index (χ3n) is 4.73. The van der Waals surface area contributed by atoms with E-state index in [4.69, 9.17) is 26.3 Å². The molecule has 0 unspecified atom stereocenters. The predicted molar refractivity (Wildman–Crippen MR) is 106 cm³/mol. The normalized spacial score (nSPS) is 13.7. The van der Waals surface area contributed by atoms with E-state index in [0.717, 1.165) is 48.8 Å². The van der Waals surface area contributed by atoms with Crippen molar-refractivity contribution in [2.24, 2.45) is 7.05 Å². The third kappa shape index (κ3) is 4.22. The fraction of sp³-hybridized carbons (Fsp3) is 0.350. The largest absolute Gasteiger partial charge is 0.486 e. The van der Waals surface area contributed by atoms with Crippen LogP contribution in [0.2, 0.25) is 5.02 Å². The summed E-state index contributed by atoms with van der Waals surface area (Å²) in [6.45, 7) is 0.314. The summed E-state index contributed by atoms with van der Waals surface area (Å²) in [5.74, 6) is 3.19. The Kier molecular flexibility index (Phi) is 5.25. The molecular weight excluding hydrogens is 362 g/mol. The van der Waals surface area contributed by atoms with Crippen molar-refractivity contribution in [1.82, 2.24) is 19.7 Å². The van der Waals surface area contributed by atoms with Gasteiger partial charge in [0.2, 0.25) is 0 Å². The Morgan fingerprint density at radius 2 is 1.89 bits per heavy atom. The average Bonchev–Trinajstić information content (AvgIpc) is 2.92. The van der Waals surface area contributed by atoms with Gasteiger partial charge in [0.05, 0.1) is 6.20 Å². The van der Waals surface area contributed by atoms with Gasteiger partial charge in [-0.15, -0.1) is 0 Å². The van der Waals surface area contributed by atoms with Gasteiger partial charge in [-0.3, -0.25) is 4.68 Å². The lowest BCUT2D eigenvalue weighted by molar-refractivity contribution is 0.295. The molecule has 0 radical (unpaired) electrons. The van der Waals surface area contributed by atoms with Crippen LogP contribution in [-0.4, -0.2) is 19.7 Å². The highest BCUT2D eigenvalue weighted by Crippen LogP contribution is 2.27. The number of nitrogens with zero attached hydrogens (tertiary/aromatic N) is 4. The lowest BCUT2D eigenvalue weighted by atomic mass is 10.1. The molecule has 7 heteroatoms. The molecule has 0 atom stereocenters. The number of anilines is 2. The zero-order chi connectivity index (χ0) is 18.6. The third-order valence-corrected chi connectivity index (χ3v) is 4.98. The summed E-state index contributed by atoms with van der Waals surface area (Å²) in [6.07, 6.45) is 7.29. The molecule has 1 aliphatic rings. The minimum absolute atomic E-state index is 0.314. The number of rotatable bonds is 5. The number of ether oxygens (including phenoxy) is 1. The van der Waals surface area contributed by atoms with Crippen LogP contribution in [0.25, 0.3) is 0 Å². The Bertz CT molecular complexity index is 923. The number of fused-ring (bicyclic) bond motifs is 1. The minimum Gasteiger partial charge on any atom is -0.486 e. The zero-order valence-corrected chi connectivity index (χ0v) is 16.0. The second-order valence-electron chi connectivity index (χ2n) is 6.68.